The second kappa shape index (κ2) is 8.65. The van der Waals surface area contributed by atoms with Crippen molar-refractivity contribution in [1.82, 2.24) is 9.97 Å². The van der Waals surface area contributed by atoms with E-state index in [4.69, 9.17) is 21.3 Å². The van der Waals surface area contributed by atoms with Crippen molar-refractivity contribution in [3.05, 3.63) is 83.5 Å². The molecular weight excluding hydrogens is 418 g/mol. The van der Waals surface area contributed by atoms with Crippen LogP contribution in [0, 0.1) is 0 Å². The number of hydrogen-bond donors (Lipinski definition) is 0. The largest absolute Gasteiger partial charge is 0.496 e. The molecule has 1 amide bonds. The fraction of sp³-hybridized carbons (Fsp3) is 0.0870. The molecule has 30 heavy (non-hydrogen) atoms. The van der Waals surface area contributed by atoms with E-state index in [9.17, 15) is 4.79 Å². The zero-order chi connectivity index (χ0) is 21.1. The fourth-order valence-corrected chi connectivity index (χ4v) is 4.26. The molecule has 0 fully saturated rings. The van der Waals surface area contributed by atoms with Crippen LogP contribution >= 0.6 is 22.9 Å². The number of aromatic nitrogens is 2. The Hall–Kier alpha value is -3.22. The van der Waals surface area contributed by atoms with Crippen LogP contribution in [0.1, 0.15) is 10.4 Å². The summed E-state index contributed by atoms with van der Waals surface area (Å²) in [5.74, 6) is 0.600. The number of hydrogen-bond acceptors (Lipinski definition) is 5. The Balaban J connectivity index is 1.75. The first-order valence-corrected chi connectivity index (χ1v) is 10.4. The Labute approximate surface area is 183 Å². The Kier molecular flexibility index (Phi) is 5.79. The summed E-state index contributed by atoms with van der Waals surface area (Å²) in [4.78, 5) is 23.4. The third kappa shape index (κ3) is 3.79. The highest BCUT2D eigenvalue weighted by Crippen LogP contribution is 2.36. The zero-order valence-electron chi connectivity index (χ0n) is 16.2. The Bertz CT molecular complexity index is 1240. The molecule has 0 bridgehead atoms. The molecule has 0 N–H and O–H groups in total. The standard InChI is InChI=1S/C23H18ClN3O2S/c1-3-12-27(22(28)15-10-11-25-21(24)13-15)23-26-19(14-30-23)17-8-9-20(29-2)18-7-5-4-6-16(17)18/h3-11,13-14H,1,12H2,2H3. The number of carbonyl (C=O) groups is 1. The molecular formula is C23H18ClN3O2S. The van der Waals surface area contributed by atoms with Crippen molar-refractivity contribution in [2.24, 2.45) is 0 Å². The Morgan fingerprint density at radius 1 is 1.23 bits per heavy atom. The fourth-order valence-electron chi connectivity index (χ4n) is 3.25. The minimum absolute atomic E-state index is 0.209. The first-order valence-electron chi connectivity index (χ1n) is 9.18. The van der Waals surface area contributed by atoms with Crippen molar-refractivity contribution in [3.8, 4) is 17.0 Å². The lowest BCUT2D eigenvalue weighted by molar-refractivity contribution is 0.0989. The van der Waals surface area contributed by atoms with Crippen molar-refractivity contribution in [1.29, 1.82) is 0 Å². The lowest BCUT2D eigenvalue weighted by atomic mass is 10.0. The lowest BCUT2D eigenvalue weighted by Gasteiger charge is -2.18. The van der Waals surface area contributed by atoms with Gasteiger partial charge in [-0.15, -0.1) is 17.9 Å². The van der Waals surface area contributed by atoms with Gasteiger partial charge in [0.25, 0.3) is 5.91 Å². The number of methoxy groups -OCH3 is 1. The molecule has 4 rings (SSSR count). The van der Waals surface area contributed by atoms with Gasteiger partial charge in [0, 0.05) is 34.6 Å². The van der Waals surface area contributed by atoms with E-state index < -0.39 is 0 Å². The molecule has 0 spiro atoms. The highest BCUT2D eigenvalue weighted by Gasteiger charge is 2.21. The number of nitrogens with zero attached hydrogens (tertiary/aromatic N) is 3. The number of thiazole rings is 1. The SMILES string of the molecule is C=CCN(C(=O)c1ccnc(Cl)c1)c1nc(-c2ccc(OC)c3ccccc23)cs1. The van der Waals surface area contributed by atoms with Crippen LogP contribution in [0.4, 0.5) is 5.13 Å². The van der Waals surface area contributed by atoms with Gasteiger partial charge in [-0.3, -0.25) is 9.69 Å². The van der Waals surface area contributed by atoms with E-state index in [1.54, 1.807) is 30.2 Å². The number of amides is 1. The predicted octanol–water partition coefficient (Wildman–Crippen LogP) is 5.85. The summed E-state index contributed by atoms with van der Waals surface area (Å²) in [5, 5.41) is 4.85. The summed E-state index contributed by atoms with van der Waals surface area (Å²) < 4.78 is 5.49. The number of benzene rings is 2. The van der Waals surface area contributed by atoms with Crippen molar-refractivity contribution < 1.29 is 9.53 Å². The van der Waals surface area contributed by atoms with E-state index in [1.165, 1.54) is 17.5 Å². The summed E-state index contributed by atoms with van der Waals surface area (Å²) in [5.41, 5.74) is 2.22. The van der Waals surface area contributed by atoms with E-state index in [1.807, 2.05) is 41.8 Å². The average Bonchev–Trinajstić information content (AvgIpc) is 3.26. The maximum atomic E-state index is 13.1. The summed E-state index contributed by atoms with van der Waals surface area (Å²) in [6.07, 6.45) is 3.18. The molecule has 0 aliphatic carbocycles. The molecule has 0 aliphatic heterocycles. The highest BCUT2D eigenvalue weighted by atomic mass is 35.5. The van der Waals surface area contributed by atoms with Crippen LogP contribution in [0.2, 0.25) is 5.15 Å². The van der Waals surface area contributed by atoms with Gasteiger partial charge in [0.05, 0.1) is 12.8 Å². The monoisotopic (exact) mass is 435 g/mol. The molecule has 4 aromatic rings. The molecule has 0 unspecified atom stereocenters. The van der Waals surface area contributed by atoms with Crippen LogP contribution in [0.5, 0.6) is 5.75 Å². The normalized spacial score (nSPS) is 10.7. The predicted molar refractivity (Wildman–Crippen MR) is 123 cm³/mol. The third-order valence-corrected chi connectivity index (χ3v) is 5.70. The molecule has 150 valence electrons. The quantitative estimate of drug-likeness (QED) is 0.281. The van der Waals surface area contributed by atoms with Gasteiger partial charge >= 0.3 is 0 Å². The lowest BCUT2D eigenvalue weighted by Crippen LogP contribution is -2.31. The molecule has 5 nitrogen and oxygen atoms in total. The molecule has 2 heterocycles. The number of anilines is 1. The molecule has 2 aromatic heterocycles. The molecule has 0 saturated heterocycles. The Morgan fingerprint density at radius 2 is 2.03 bits per heavy atom. The van der Waals surface area contributed by atoms with Gasteiger partial charge in [-0.2, -0.15) is 0 Å². The molecule has 2 aromatic carbocycles. The van der Waals surface area contributed by atoms with Crippen LogP contribution in [-0.4, -0.2) is 29.5 Å². The minimum Gasteiger partial charge on any atom is -0.496 e. The van der Waals surface area contributed by atoms with Crippen molar-refractivity contribution in [2.75, 3.05) is 18.6 Å². The van der Waals surface area contributed by atoms with Gasteiger partial charge in [-0.1, -0.05) is 41.9 Å². The number of carbonyl (C=O) groups excluding carboxylic acids is 1. The van der Waals surface area contributed by atoms with Gasteiger partial charge in [-0.05, 0) is 29.7 Å². The van der Waals surface area contributed by atoms with E-state index in [2.05, 4.69) is 11.6 Å². The van der Waals surface area contributed by atoms with Crippen molar-refractivity contribution >= 4 is 44.7 Å². The van der Waals surface area contributed by atoms with Crippen LogP contribution in [0.3, 0.4) is 0 Å². The molecule has 0 saturated carbocycles. The van der Waals surface area contributed by atoms with E-state index in [0.717, 1.165) is 27.8 Å². The van der Waals surface area contributed by atoms with E-state index in [-0.39, 0.29) is 11.1 Å². The van der Waals surface area contributed by atoms with Crippen LogP contribution in [-0.2, 0) is 0 Å². The molecule has 0 radical (unpaired) electrons. The summed E-state index contributed by atoms with van der Waals surface area (Å²) >= 11 is 7.36. The first kappa shape index (κ1) is 20.1. The van der Waals surface area contributed by atoms with E-state index >= 15 is 0 Å². The number of ether oxygens (including phenoxy) is 1. The molecule has 0 aliphatic rings. The minimum atomic E-state index is -0.209. The van der Waals surface area contributed by atoms with E-state index in [0.29, 0.717) is 17.2 Å². The van der Waals surface area contributed by atoms with Gasteiger partial charge in [0.15, 0.2) is 5.13 Å². The number of fused-ring (bicyclic) bond motifs is 1. The number of halogens is 1. The summed E-state index contributed by atoms with van der Waals surface area (Å²) in [7, 11) is 1.66. The molecule has 0 atom stereocenters. The maximum Gasteiger partial charge on any atom is 0.260 e. The van der Waals surface area contributed by atoms with Gasteiger partial charge in [0.1, 0.15) is 10.9 Å². The smallest absolute Gasteiger partial charge is 0.260 e. The van der Waals surface area contributed by atoms with Crippen molar-refractivity contribution in [3.63, 3.8) is 0 Å². The van der Waals surface area contributed by atoms with Gasteiger partial charge in [-0.25, -0.2) is 9.97 Å². The Morgan fingerprint density at radius 3 is 2.77 bits per heavy atom. The maximum absolute atomic E-state index is 13.1. The summed E-state index contributed by atoms with van der Waals surface area (Å²) in [6.45, 7) is 4.10. The first-order chi connectivity index (χ1) is 14.6. The van der Waals surface area contributed by atoms with Crippen LogP contribution in [0.25, 0.3) is 22.0 Å². The number of rotatable bonds is 6. The average molecular weight is 436 g/mol. The summed E-state index contributed by atoms with van der Waals surface area (Å²) in [6, 6.07) is 15.1. The highest BCUT2D eigenvalue weighted by molar-refractivity contribution is 7.14. The van der Waals surface area contributed by atoms with Crippen LogP contribution in [0.15, 0.2) is 72.8 Å². The van der Waals surface area contributed by atoms with Gasteiger partial charge < -0.3 is 4.74 Å². The van der Waals surface area contributed by atoms with Crippen LogP contribution < -0.4 is 9.64 Å². The molecule has 7 heteroatoms. The second-order valence-corrected chi connectivity index (χ2v) is 7.67. The second-order valence-electron chi connectivity index (χ2n) is 6.45. The third-order valence-electron chi connectivity index (χ3n) is 4.63. The van der Waals surface area contributed by atoms with Crippen molar-refractivity contribution in [2.45, 2.75) is 0 Å². The zero-order valence-corrected chi connectivity index (χ0v) is 17.8. The van der Waals surface area contributed by atoms with Gasteiger partial charge in [0.2, 0.25) is 0 Å². The number of pyridine rings is 1. The topological polar surface area (TPSA) is 55.3 Å².